The van der Waals surface area contributed by atoms with Crippen LogP contribution in [0.2, 0.25) is 0 Å². The lowest BCUT2D eigenvalue weighted by molar-refractivity contribution is -0.139. The van der Waals surface area contributed by atoms with Gasteiger partial charge in [0.25, 0.3) is 0 Å². The first-order valence-electron chi connectivity index (χ1n) is 5.36. The number of pyridine rings is 1. The summed E-state index contributed by atoms with van der Waals surface area (Å²) < 4.78 is 24.1. The van der Waals surface area contributed by atoms with Crippen LogP contribution in [-0.4, -0.2) is 27.3 Å². The molecule has 0 bridgehead atoms. The van der Waals surface area contributed by atoms with Gasteiger partial charge >= 0.3 is 0 Å². The quantitative estimate of drug-likeness (QED) is 0.823. The molecule has 1 aliphatic rings. The van der Waals surface area contributed by atoms with Crippen LogP contribution < -0.4 is 0 Å². The van der Waals surface area contributed by atoms with Crippen molar-refractivity contribution in [1.82, 2.24) is 15.0 Å². The highest BCUT2D eigenvalue weighted by Gasteiger charge is 2.35. The molecule has 17 heavy (non-hydrogen) atoms. The molecular formula is C11H12FN3O2. The van der Waals surface area contributed by atoms with Gasteiger partial charge in [0.2, 0.25) is 0 Å². The normalized spacial score (nSPS) is 23.4. The second-order valence-corrected chi connectivity index (χ2v) is 4.46. The molecule has 0 saturated carbocycles. The summed E-state index contributed by atoms with van der Waals surface area (Å²) >= 11 is 0. The molecule has 3 heterocycles. The number of aromatic amines is 1. The third-order valence-corrected chi connectivity index (χ3v) is 2.64. The zero-order valence-electron chi connectivity index (χ0n) is 9.53. The number of H-pyrrole nitrogens is 1. The van der Waals surface area contributed by atoms with Crippen LogP contribution >= 0.6 is 0 Å². The molecule has 5 nitrogen and oxygen atoms in total. The number of nitrogens with zero attached hydrogens (tertiary/aromatic N) is 2. The fraction of sp³-hybridized carbons (Fsp3) is 0.455. The smallest absolute Gasteiger partial charge is 0.178 e. The number of ether oxygens (including phenoxy) is 2. The minimum absolute atomic E-state index is 0.262. The van der Waals surface area contributed by atoms with E-state index in [9.17, 15) is 4.39 Å². The molecule has 6 heteroatoms. The zero-order chi connectivity index (χ0) is 12.0. The molecule has 0 aromatic carbocycles. The molecule has 2 aromatic rings. The van der Waals surface area contributed by atoms with Gasteiger partial charge in [0.1, 0.15) is 17.7 Å². The van der Waals surface area contributed by atoms with Gasteiger partial charge in [0.05, 0.1) is 18.3 Å². The maximum atomic E-state index is 13.0. The van der Waals surface area contributed by atoms with E-state index >= 15 is 0 Å². The Hall–Kier alpha value is -1.53. The van der Waals surface area contributed by atoms with Crippen molar-refractivity contribution in [3.8, 4) is 0 Å². The van der Waals surface area contributed by atoms with Crippen LogP contribution in [0.15, 0.2) is 12.3 Å². The van der Waals surface area contributed by atoms with Crippen LogP contribution in [0.3, 0.4) is 0 Å². The molecule has 0 amide bonds. The first kappa shape index (κ1) is 10.6. The van der Waals surface area contributed by atoms with E-state index in [0.29, 0.717) is 23.6 Å². The molecule has 0 spiro atoms. The SMILES string of the molecule is CC1(C)OCC(c2nc3ncc(F)cc3[nH]2)O1. The van der Waals surface area contributed by atoms with Gasteiger partial charge in [0.15, 0.2) is 11.4 Å². The Morgan fingerprint density at radius 2 is 2.35 bits per heavy atom. The predicted octanol–water partition coefficient (Wildman–Crippen LogP) is 1.92. The van der Waals surface area contributed by atoms with E-state index in [0.717, 1.165) is 6.20 Å². The number of imidazole rings is 1. The number of halogens is 1. The Kier molecular flexibility index (Phi) is 2.17. The van der Waals surface area contributed by atoms with Crippen LogP contribution in [0.1, 0.15) is 25.8 Å². The lowest BCUT2D eigenvalue weighted by Gasteiger charge is -2.15. The molecule has 1 unspecified atom stereocenters. The van der Waals surface area contributed by atoms with Crippen LogP contribution in [0, 0.1) is 5.82 Å². The van der Waals surface area contributed by atoms with Crippen LogP contribution in [-0.2, 0) is 9.47 Å². The molecular weight excluding hydrogens is 225 g/mol. The lowest BCUT2D eigenvalue weighted by atomic mass is 10.3. The molecule has 2 aromatic heterocycles. The Balaban J connectivity index is 1.96. The number of fused-ring (bicyclic) bond motifs is 1. The minimum atomic E-state index is -0.609. The maximum absolute atomic E-state index is 13.0. The van der Waals surface area contributed by atoms with E-state index < -0.39 is 11.6 Å². The monoisotopic (exact) mass is 237 g/mol. The van der Waals surface area contributed by atoms with Crippen LogP contribution in [0.25, 0.3) is 11.2 Å². The second-order valence-electron chi connectivity index (χ2n) is 4.46. The summed E-state index contributed by atoms with van der Waals surface area (Å²) in [6.45, 7) is 4.11. The van der Waals surface area contributed by atoms with E-state index in [1.54, 1.807) is 0 Å². The van der Waals surface area contributed by atoms with E-state index in [1.807, 2.05) is 13.8 Å². The Morgan fingerprint density at radius 3 is 3.06 bits per heavy atom. The highest BCUT2D eigenvalue weighted by atomic mass is 19.1. The first-order valence-corrected chi connectivity index (χ1v) is 5.36. The molecule has 1 saturated heterocycles. The molecule has 90 valence electrons. The molecule has 1 atom stereocenters. The average Bonchev–Trinajstić information content (AvgIpc) is 2.80. The van der Waals surface area contributed by atoms with Gasteiger partial charge in [-0.15, -0.1) is 0 Å². The fourth-order valence-electron chi connectivity index (χ4n) is 1.87. The molecule has 0 radical (unpaired) electrons. The standard InChI is InChI=1S/C11H12FN3O2/c1-11(2)16-5-8(17-11)10-14-7-3-6(12)4-13-9(7)15-10/h3-4,8H,5H2,1-2H3,(H,13,14,15). The third kappa shape index (κ3) is 1.89. The number of nitrogens with one attached hydrogen (secondary N) is 1. The summed E-state index contributed by atoms with van der Waals surface area (Å²) in [5, 5.41) is 0. The van der Waals surface area contributed by atoms with Crippen molar-refractivity contribution in [2.75, 3.05) is 6.61 Å². The molecule has 1 N–H and O–H groups in total. The molecule has 0 aliphatic carbocycles. The van der Waals surface area contributed by atoms with Gasteiger partial charge in [0, 0.05) is 6.07 Å². The maximum Gasteiger partial charge on any atom is 0.178 e. The first-order chi connectivity index (χ1) is 8.03. The van der Waals surface area contributed by atoms with Crippen molar-refractivity contribution in [2.24, 2.45) is 0 Å². The molecule has 3 rings (SSSR count). The second kappa shape index (κ2) is 3.48. The highest BCUT2D eigenvalue weighted by molar-refractivity contribution is 5.70. The number of hydrogen-bond donors (Lipinski definition) is 1. The topological polar surface area (TPSA) is 60.0 Å². The molecule has 1 fully saturated rings. The minimum Gasteiger partial charge on any atom is -0.347 e. The summed E-state index contributed by atoms with van der Waals surface area (Å²) in [6, 6.07) is 1.36. The van der Waals surface area contributed by atoms with Crippen molar-refractivity contribution in [3.63, 3.8) is 0 Å². The van der Waals surface area contributed by atoms with Crippen molar-refractivity contribution in [1.29, 1.82) is 0 Å². The van der Waals surface area contributed by atoms with E-state index in [-0.39, 0.29) is 6.10 Å². The van der Waals surface area contributed by atoms with Gasteiger partial charge in [-0.3, -0.25) is 0 Å². The number of hydrogen-bond acceptors (Lipinski definition) is 4. The van der Waals surface area contributed by atoms with Crippen molar-refractivity contribution in [3.05, 3.63) is 23.9 Å². The van der Waals surface area contributed by atoms with Gasteiger partial charge in [-0.25, -0.2) is 14.4 Å². The summed E-state index contributed by atoms with van der Waals surface area (Å²) in [6.07, 6.45) is 0.880. The third-order valence-electron chi connectivity index (χ3n) is 2.64. The van der Waals surface area contributed by atoms with Gasteiger partial charge in [-0.2, -0.15) is 0 Å². The van der Waals surface area contributed by atoms with Gasteiger partial charge in [-0.1, -0.05) is 0 Å². The van der Waals surface area contributed by atoms with Crippen molar-refractivity contribution >= 4 is 11.2 Å². The molecule has 1 aliphatic heterocycles. The van der Waals surface area contributed by atoms with Crippen molar-refractivity contribution in [2.45, 2.75) is 25.7 Å². The summed E-state index contributed by atoms with van der Waals surface area (Å²) in [5.74, 6) is -0.386. The van der Waals surface area contributed by atoms with Gasteiger partial charge in [-0.05, 0) is 13.8 Å². The zero-order valence-corrected chi connectivity index (χ0v) is 9.53. The Labute approximate surface area is 97.0 Å². The van der Waals surface area contributed by atoms with Crippen molar-refractivity contribution < 1.29 is 13.9 Å². The highest BCUT2D eigenvalue weighted by Crippen LogP contribution is 2.31. The average molecular weight is 237 g/mol. The van der Waals surface area contributed by atoms with E-state index in [1.165, 1.54) is 6.07 Å². The largest absolute Gasteiger partial charge is 0.347 e. The number of rotatable bonds is 1. The summed E-state index contributed by atoms with van der Waals surface area (Å²) in [5.41, 5.74) is 1.04. The predicted molar refractivity (Wildman–Crippen MR) is 57.7 cm³/mol. The fourth-order valence-corrected chi connectivity index (χ4v) is 1.87. The summed E-state index contributed by atoms with van der Waals surface area (Å²) in [7, 11) is 0. The summed E-state index contributed by atoms with van der Waals surface area (Å²) in [4.78, 5) is 11.2. The van der Waals surface area contributed by atoms with E-state index in [4.69, 9.17) is 9.47 Å². The Morgan fingerprint density at radius 1 is 1.53 bits per heavy atom. The van der Waals surface area contributed by atoms with Gasteiger partial charge < -0.3 is 14.5 Å². The number of aromatic nitrogens is 3. The van der Waals surface area contributed by atoms with Crippen LogP contribution in [0.4, 0.5) is 4.39 Å². The van der Waals surface area contributed by atoms with E-state index in [2.05, 4.69) is 15.0 Å². The van der Waals surface area contributed by atoms with Crippen LogP contribution in [0.5, 0.6) is 0 Å². The Bertz CT molecular complexity index is 567. The lowest BCUT2D eigenvalue weighted by Crippen LogP contribution is -2.19.